The number of quaternary nitrogens is 1. The molecule has 33 heavy (non-hydrogen) atoms. The van der Waals surface area contributed by atoms with Crippen molar-refractivity contribution in [2.45, 2.75) is 25.4 Å². The second-order valence-corrected chi connectivity index (χ2v) is 9.79. The van der Waals surface area contributed by atoms with Crippen LogP contribution in [0.25, 0.3) is 10.8 Å². The molecule has 1 heterocycles. The number of urea groups is 1. The van der Waals surface area contributed by atoms with Crippen molar-refractivity contribution in [3.63, 3.8) is 0 Å². The van der Waals surface area contributed by atoms with Crippen LogP contribution >= 0.6 is 23.2 Å². The van der Waals surface area contributed by atoms with Crippen LogP contribution in [0, 0.1) is 0 Å². The molecule has 0 spiro atoms. The number of anilines is 1. The van der Waals surface area contributed by atoms with E-state index >= 15 is 0 Å². The molecule has 1 fully saturated rings. The van der Waals surface area contributed by atoms with Gasteiger partial charge in [-0.05, 0) is 35.0 Å². The van der Waals surface area contributed by atoms with Crippen LogP contribution in [0.4, 0.5) is 10.5 Å². The van der Waals surface area contributed by atoms with Crippen molar-refractivity contribution < 1.29 is 14.0 Å². The highest BCUT2D eigenvalue weighted by atomic mass is 35.5. The van der Waals surface area contributed by atoms with Crippen LogP contribution in [0.3, 0.4) is 0 Å². The summed E-state index contributed by atoms with van der Waals surface area (Å²) in [6, 6.07) is 19.3. The normalized spacial score (nSPS) is 20.4. The fraction of sp³-hybridized carbons (Fsp3) is 0.346. The second kappa shape index (κ2) is 10.6. The van der Waals surface area contributed by atoms with E-state index in [1.807, 2.05) is 42.5 Å². The van der Waals surface area contributed by atoms with Crippen LogP contribution in [0.2, 0.25) is 10.0 Å². The van der Waals surface area contributed by atoms with Crippen molar-refractivity contribution in [2.24, 2.45) is 0 Å². The Bertz CT molecular complexity index is 1110. The third kappa shape index (κ3) is 6.53. The monoisotopic (exact) mass is 486 g/mol. The average molecular weight is 487 g/mol. The van der Waals surface area contributed by atoms with Gasteiger partial charge < -0.3 is 19.9 Å². The van der Waals surface area contributed by atoms with Gasteiger partial charge in [0.15, 0.2) is 0 Å². The number of likely N-dealkylation sites (tertiary alicyclic amines) is 1. The zero-order chi connectivity index (χ0) is 23.3. The van der Waals surface area contributed by atoms with E-state index in [0.29, 0.717) is 16.6 Å². The van der Waals surface area contributed by atoms with Crippen LogP contribution in [0.15, 0.2) is 60.7 Å². The van der Waals surface area contributed by atoms with Crippen molar-refractivity contribution in [2.75, 3.05) is 38.5 Å². The van der Waals surface area contributed by atoms with Gasteiger partial charge in [-0.1, -0.05) is 53.5 Å². The van der Waals surface area contributed by atoms with Gasteiger partial charge in [0.1, 0.15) is 11.9 Å². The third-order valence-electron chi connectivity index (χ3n) is 6.34. The molecule has 1 saturated heterocycles. The van der Waals surface area contributed by atoms with Crippen LogP contribution < -0.4 is 15.4 Å². The number of ether oxygens (including phenoxy) is 1. The molecule has 3 aromatic rings. The molecule has 1 aliphatic rings. The molecule has 5 nitrogen and oxygen atoms in total. The highest BCUT2D eigenvalue weighted by molar-refractivity contribution is 6.42. The van der Waals surface area contributed by atoms with Crippen molar-refractivity contribution in [1.29, 1.82) is 0 Å². The molecule has 2 amide bonds. The van der Waals surface area contributed by atoms with Crippen LogP contribution in [-0.2, 0) is 0 Å². The number of nitrogens with zero attached hydrogens (tertiary/aromatic N) is 1. The largest absolute Gasteiger partial charge is 0.490 e. The molecule has 0 radical (unpaired) electrons. The minimum atomic E-state index is -0.165. The predicted molar refractivity (Wildman–Crippen MR) is 136 cm³/mol. The Morgan fingerprint density at radius 2 is 1.76 bits per heavy atom. The second-order valence-electron chi connectivity index (χ2n) is 8.98. The molecule has 174 valence electrons. The number of hydrogen-bond donors (Lipinski definition) is 2. The highest BCUT2D eigenvalue weighted by Gasteiger charge is 2.30. The van der Waals surface area contributed by atoms with Gasteiger partial charge in [0.05, 0.1) is 36.7 Å². The van der Waals surface area contributed by atoms with E-state index < -0.39 is 0 Å². The van der Waals surface area contributed by atoms with E-state index in [2.05, 4.69) is 23.7 Å². The zero-order valence-electron chi connectivity index (χ0n) is 18.8. The lowest BCUT2D eigenvalue weighted by molar-refractivity contribution is -0.915. The summed E-state index contributed by atoms with van der Waals surface area (Å²) < 4.78 is 7.10. The summed E-state index contributed by atoms with van der Waals surface area (Å²) in [6.45, 7) is 3.77. The first kappa shape index (κ1) is 23.7. The molecular formula is C26H30Cl2N3O2+. The third-order valence-corrected chi connectivity index (χ3v) is 7.08. The lowest BCUT2D eigenvalue weighted by atomic mass is 10.0. The molecular weight excluding hydrogens is 457 g/mol. The molecule has 1 aliphatic heterocycles. The van der Waals surface area contributed by atoms with Crippen LogP contribution in [-0.4, -0.2) is 49.8 Å². The Labute approximate surface area is 205 Å². The van der Waals surface area contributed by atoms with Gasteiger partial charge in [-0.3, -0.25) is 0 Å². The molecule has 0 unspecified atom stereocenters. The Kier molecular flexibility index (Phi) is 7.63. The van der Waals surface area contributed by atoms with E-state index in [1.54, 1.807) is 12.1 Å². The number of piperidine rings is 1. The number of rotatable bonds is 7. The Morgan fingerprint density at radius 3 is 2.52 bits per heavy atom. The topological polar surface area (TPSA) is 50.4 Å². The van der Waals surface area contributed by atoms with Crippen LogP contribution in [0.5, 0.6) is 5.75 Å². The van der Waals surface area contributed by atoms with Gasteiger partial charge >= 0.3 is 6.03 Å². The molecule has 2 N–H and O–H groups in total. The van der Waals surface area contributed by atoms with E-state index in [0.717, 1.165) is 65.6 Å². The summed E-state index contributed by atoms with van der Waals surface area (Å²) in [6.07, 6.45) is 3.11. The standard InChI is InChI=1S/C26H29Cl2N3O2/c1-31(15-11-22(12-16-31)33-23-9-10-24(27)25(28)18-23)14-4-13-29-26(32)30-21-8-7-19-5-2-3-6-20(19)17-21/h2-3,5-10,17-18,22H,4,11-16H2,1H3,(H-,29,30,32)/p+1. The summed E-state index contributed by atoms with van der Waals surface area (Å²) in [5.41, 5.74) is 0.800. The fourth-order valence-corrected chi connectivity index (χ4v) is 4.64. The number of fused-ring (bicyclic) bond motifs is 1. The van der Waals surface area contributed by atoms with Gasteiger partial charge in [0.2, 0.25) is 0 Å². The van der Waals surface area contributed by atoms with E-state index in [4.69, 9.17) is 27.9 Å². The number of hydrogen-bond acceptors (Lipinski definition) is 2. The summed E-state index contributed by atoms with van der Waals surface area (Å²) in [5.74, 6) is 0.770. The number of carbonyl (C=O) groups excluding carboxylic acids is 1. The smallest absolute Gasteiger partial charge is 0.319 e. The predicted octanol–water partition coefficient (Wildman–Crippen LogP) is 6.35. The number of benzene rings is 3. The first-order valence-corrected chi connectivity index (χ1v) is 12.1. The minimum Gasteiger partial charge on any atom is -0.490 e. The first-order valence-electron chi connectivity index (χ1n) is 11.4. The number of carbonyl (C=O) groups is 1. The zero-order valence-corrected chi connectivity index (χ0v) is 20.3. The maximum atomic E-state index is 12.3. The fourth-order valence-electron chi connectivity index (χ4n) is 4.36. The molecule has 0 bridgehead atoms. The van der Waals surface area contributed by atoms with Gasteiger partial charge in [0, 0.05) is 37.6 Å². The quantitative estimate of drug-likeness (QED) is 0.302. The maximum Gasteiger partial charge on any atom is 0.319 e. The lowest BCUT2D eigenvalue weighted by Crippen LogP contribution is -2.52. The Hall–Kier alpha value is -2.47. The summed E-state index contributed by atoms with van der Waals surface area (Å²) in [5, 5.41) is 9.23. The van der Waals surface area contributed by atoms with Crippen molar-refractivity contribution in [3.8, 4) is 5.75 Å². The van der Waals surface area contributed by atoms with Crippen molar-refractivity contribution >= 4 is 45.7 Å². The van der Waals surface area contributed by atoms with Gasteiger partial charge in [-0.25, -0.2) is 4.79 Å². The summed E-state index contributed by atoms with van der Waals surface area (Å²) >= 11 is 12.1. The number of amides is 2. The van der Waals surface area contributed by atoms with Gasteiger partial charge in [-0.15, -0.1) is 0 Å². The number of nitrogens with one attached hydrogen (secondary N) is 2. The lowest BCUT2D eigenvalue weighted by Gasteiger charge is -2.40. The molecule has 0 aromatic heterocycles. The molecule has 7 heteroatoms. The van der Waals surface area contributed by atoms with Gasteiger partial charge in [-0.2, -0.15) is 0 Å². The summed E-state index contributed by atoms with van der Waals surface area (Å²) in [7, 11) is 2.28. The molecule has 3 aromatic carbocycles. The van der Waals surface area contributed by atoms with E-state index in [1.165, 1.54) is 0 Å². The molecule has 4 rings (SSSR count). The molecule has 0 saturated carbocycles. The van der Waals surface area contributed by atoms with Crippen molar-refractivity contribution in [1.82, 2.24) is 5.32 Å². The van der Waals surface area contributed by atoms with Gasteiger partial charge in [0.25, 0.3) is 0 Å². The van der Waals surface area contributed by atoms with E-state index in [9.17, 15) is 4.79 Å². The highest BCUT2D eigenvalue weighted by Crippen LogP contribution is 2.29. The first-order chi connectivity index (χ1) is 15.9. The molecule has 0 atom stereocenters. The molecule has 0 aliphatic carbocycles. The SMILES string of the molecule is C[N+]1(CCCNC(=O)Nc2ccc3ccccc3c2)CCC(Oc2ccc(Cl)c(Cl)c2)CC1. The minimum absolute atomic E-state index is 0.165. The number of halogens is 2. The van der Waals surface area contributed by atoms with E-state index in [-0.39, 0.29) is 12.1 Å². The average Bonchev–Trinajstić information content (AvgIpc) is 2.81. The van der Waals surface area contributed by atoms with Crippen molar-refractivity contribution in [3.05, 3.63) is 70.7 Å². The van der Waals surface area contributed by atoms with Crippen LogP contribution in [0.1, 0.15) is 19.3 Å². The Balaban J connectivity index is 1.16. The maximum absolute atomic E-state index is 12.3. The Morgan fingerprint density at radius 1 is 1.00 bits per heavy atom. The summed E-state index contributed by atoms with van der Waals surface area (Å²) in [4.78, 5) is 12.3.